The normalized spacial score (nSPS) is 18.2. The fourth-order valence-corrected chi connectivity index (χ4v) is 1.86. The van der Waals surface area contributed by atoms with Gasteiger partial charge >= 0.3 is 0 Å². The monoisotopic (exact) mass is 210 g/mol. The van der Waals surface area contributed by atoms with Gasteiger partial charge in [0.2, 0.25) is 0 Å². The summed E-state index contributed by atoms with van der Waals surface area (Å²) in [4.78, 5) is 0. The number of nitrogens with one attached hydrogen (secondary N) is 1. The van der Waals surface area contributed by atoms with Crippen LogP contribution in [0, 0.1) is 12.8 Å². The van der Waals surface area contributed by atoms with Crippen LogP contribution in [-0.4, -0.2) is 24.9 Å². The summed E-state index contributed by atoms with van der Waals surface area (Å²) in [6, 6.07) is 1.92. The highest BCUT2D eigenvalue weighted by molar-refractivity contribution is 5.01. The van der Waals surface area contributed by atoms with Crippen molar-refractivity contribution in [2.45, 2.75) is 26.4 Å². The molecule has 4 heteroatoms. The molecule has 0 aromatic carbocycles. The van der Waals surface area contributed by atoms with E-state index in [0.717, 1.165) is 31.2 Å². The van der Waals surface area contributed by atoms with Crippen LogP contribution in [0.4, 0.5) is 0 Å². The minimum Gasteiger partial charge on any atom is -0.373 e. The van der Waals surface area contributed by atoms with Gasteiger partial charge in [-0.15, -0.1) is 0 Å². The number of ether oxygens (including phenoxy) is 1. The molecule has 2 rings (SSSR count). The van der Waals surface area contributed by atoms with Crippen molar-refractivity contribution in [1.29, 1.82) is 0 Å². The maximum atomic E-state index is 5.61. The van der Waals surface area contributed by atoms with Crippen molar-refractivity contribution >= 4 is 0 Å². The fourth-order valence-electron chi connectivity index (χ4n) is 1.86. The van der Waals surface area contributed by atoms with Gasteiger partial charge < -0.3 is 14.6 Å². The van der Waals surface area contributed by atoms with Gasteiger partial charge in [-0.3, -0.25) is 0 Å². The number of aromatic nitrogens is 1. The summed E-state index contributed by atoms with van der Waals surface area (Å²) in [5.74, 6) is 1.52. The van der Waals surface area contributed by atoms with Gasteiger partial charge in [0.05, 0.1) is 12.3 Å². The molecule has 0 radical (unpaired) electrons. The molecule has 1 aromatic heterocycles. The highest BCUT2D eigenvalue weighted by atomic mass is 16.5. The van der Waals surface area contributed by atoms with Gasteiger partial charge in [0, 0.05) is 6.07 Å². The van der Waals surface area contributed by atoms with Crippen LogP contribution in [0.25, 0.3) is 0 Å². The van der Waals surface area contributed by atoms with E-state index < -0.39 is 0 Å². The zero-order valence-corrected chi connectivity index (χ0v) is 9.16. The number of aryl methyl sites for hydroxylation is 1. The molecule has 1 aliphatic rings. The molecule has 1 aromatic rings. The second-order valence-electron chi connectivity index (χ2n) is 4.14. The van der Waals surface area contributed by atoms with Gasteiger partial charge in [0.25, 0.3) is 0 Å². The number of rotatable bonds is 4. The SMILES string of the molecule is Cc1cc(COCC2CCNCC2)on1. The van der Waals surface area contributed by atoms with E-state index in [-0.39, 0.29) is 0 Å². The van der Waals surface area contributed by atoms with Crippen LogP contribution in [0.2, 0.25) is 0 Å². The molecule has 0 unspecified atom stereocenters. The second-order valence-corrected chi connectivity index (χ2v) is 4.14. The van der Waals surface area contributed by atoms with E-state index in [1.807, 2.05) is 13.0 Å². The van der Waals surface area contributed by atoms with Gasteiger partial charge in [-0.05, 0) is 38.8 Å². The number of hydrogen-bond acceptors (Lipinski definition) is 4. The Hall–Kier alpha value is -0.870. The summed E-state index contributed by atoms with van der Waals surface area (Å²) in [7, 11) is 0. The van der Waals surface area contributed by atoms with Crippen LogP contribution in [0.1, 0.15) is 24.3 Å². The predicted molar refractivity (Wildman–Crippen MR) is 56.5 cm³/mol. The van der Waals surface area contributed by atoms with Crippen molar-refractivity contribution in [2.75, 3.05) is 19.7 Å². The largest absolute Gasteiger partial charge is 0.373 e. The van der Waals surface area contributed by atoms with Crippen LogP contribution in [-0.2, 0) is 11.3 Å². The van der Waals surface area contributed by atoms with Gasteiger partial charge in [0.15, 0.2) is 5.76 Å². The minimum atomic E-state index is 0.546. The zero-order chi connectivity index (χ0) is 10.5. The lowest BCUT2D eigenvalue weighted by molar-refractivity contribution is 0.0627. The molecule has 0 saturated carbocycles. The quantitative estimate of drug-likeness (QED) is 0.818. The van der Waals surface area contributed by atoms with Crippen LogP contribution in [0.3, 0.4) is 0 Å². The first-order chi connectivity index (χ1) is 7.34. The Morgan fingerprint density at radius 3 is 3.00 bits per heavy atom. The van der Waals surface area contributed by atoms with Crippen LogP contribution in [0.5, 0.6) is 0 Å². The maximum absolute atomic E-state index is 5.61. The third-order valence-corrected chi connectivity index (χ3v) is 2.73. The molecule has 4 nitrogen and oxygen atoms in total. The van der Waals surface area contributed by atoms with E-state index in [0.29, 0.717) is 12.5 Å². The van der Waals surface area contributed by atoms with E-state index in [1.54, 1.807) is 0 Å². The molecule has 15 heavy (non-hydrogen) atoms. The van der Waals surface area contributed by atoms with Crippen LogP contribution >= 0.6 is 0 Å². The molecule has 1 fully saturated rings. The van der Waals surface area contributed by atoms with E-state index >= 15 is 0 Å². The van der Waals surface area contributed by atoms with E-state index in [2.05, 4.69) is 10.5 Å². The third-order valence-electron chi connectivity index (χ3n) is 2.73. The van der Waals surface area contributed by atoms with Gasteiger partial charge in [-0.1, -0.05) is 5.16 Å². The van der Waals surface area contributed by atoms with Crippen LogP contribution in [0.15, 0.2) is 10.6 Å². The van der Waals surface area contributed by atoms with Crippen molar-refractivity contribution in [3.8, 4) is 0 Å². The summed E-state index contributed by atoms with van der Waals surface area (Å²) in [6.07, 6.45) is 2.44. The van der Waals surface area contributed by atoms with E-state index in [1.165, 1.54) is 12.8 Å². The lowest BCUT2D eigenvalue weighted by Crippen LogP contribution is -2.29. The first-order valence-corrected chi connectivity index (χ1v) is 5.55. The molecule has 1 N–H and O–H groups in total. The topological polar surface area (TPSA) is 47.3 Å². The number of nitrogens with zero attached hydrogens (tertiary/aromatic N) is 1. The Balaban J connectivity index is 1.65. The standard InChI is InChI=1S/C11H18N2O2/c1-9-6-11(15-13-9)8-14-7-10-2-4-12-5-3-10/h6,10,12H,2-5,7-8H2,1H3. The Morgan fingerprint density at radius 1 is 1.53 bits per heavy atom. The summed E-state index contributed by atoms with van der Waals surface area (Å²) in [5.41, 5.74) is 0.912. The molecule has 0 atom stereocenters. The predicted octanol–water partition coefficient (Wildman–Crippen LogP) is 1.50. The molecule has 0 aliphatic carbocycles. The van der Waals surface area contributed by atoms with Crippen molar-refractivity contribution in [2.24, 2.45) is 5.92 Å². The number of piperidine rings is 1. The third kappa shape index (κ3) is 3.32. The Morgan fingerprint density at radius 2 is 2.33 bits per heavy atom. The average Bonchev–Trinajstić information content (AvgIpc) is 2.66. The minimum absolute atomic E-state index is 0.546. The highest BCUT2D eigenvalue weighted by Gasteiger charge is 2.13. The summed E-state index contributed by atoms with van der Waals surface area (Å²) < 4.78 is 10.7. The lowest BCUT2D eigenvalue weighted by atomic mass is 9.99. The Kier molecular flexibility index (Phi) is 3.75. The number of hydrogen-bond donors (Lipinski definition) is 1. The molecule has 0 bridgehead atoms. The van der Waals surface area contributed by atoms with Gasteiger partial charge in [-0.2, -0.15) is 0 Å². The first-order valence-electron chi connectivity index (χ1n) is 5.55. The van der Waals surface area contributed by atoms with Crippen LogP contribution < -0.4 is 5.32 Å². The fraction of sp³-hybridized carbons (Fsp3) is 0.727. The van der Waals surface area contributed by atoms with Crippen molar-refractivity contribution < 1.29 is 9.26 Å². The van der Waals surface area contributed by atoms with E-state index in [9.17, 15) is 0 Å². The molecule has 84 valence electrons. The lowest BCUT2D eigenvalue weighted by Gasteiger charge is -2.21. The molecular formula is C11H18N2O2. The average molecular weight is 210 g/mol. The summed E-state index contributed by atoms with van der Waals surface area (Å²) in [5, 5.41) is 7.16. The zero-order valence-electron chi connectivity index (χ0n) is 9.16. The second kappa shape index (κ2) is 5.28. The highest BCUT2D eigenvalue weighted by Crippen LogP contribution is 2.13. The molecule has 1 aliphatic heterocycles. The maximum Gasteiger partial charge on any atom is 0.162 e. The van der Waals surface area contributed by atoms with Gasteiger partial charge in [0.1, 0.15) is 6.61 Å². The summed E-state index contributed by atoms with van der Waals surface area (Å²) in [6.45, 7) is 5.54. The molecular weight excluding hydrogens is 192 g/mol. The molecule has 0 amide bonds. The smallest absolute Gasteiger partial charge is 0.162 e. The van der Waals surface area contributed by atoms with Crippen molar-refractivity contribution in [1.82, 2.24) is 10.5 Å². The van der Waals surface area contributed by atoms with E-state index in [4.69, 9.17) is 9.26 Å². The van der Waals surface area contributed by atoms with Crippen molar-refractivity contribution in [3.05, 3.63) is 17.5 Å². The van der Waals surface area contributed by atoms with Crippen molar-refractivity contribution in [3.63, 3.8) is 0 Å². The summed E-state index contributed by atoms with van der Waals surface area (Å²) >= 11 is 0. The Labute approximate surface area is 90.0 Å². The van der Waals surface area contributed by atoms with Gasteiger partial charge in [-0.25, -0.2) is 0 Å². The Bertz CT molecular complexity index is 293. The molecule has 1 saturated heterocycles. The molecule has 0 spiro atoms. The molecule has 2 heterocycles. The first kappa shape index (κ1) is 10.6.